The number of carbonyl (C=O) groups is 1. The molecule has 0 unspecified atom stereocenters. The van der Waals surface area contributed by atoms with Gasteiger partial charge in [0, 0.05) is 43.7 Å². The summed E-state index contributed by atoms with van der Waals surface area (Å²) in [5.74, 6) is 0.762. The third-order valence-corrected chi connectivity index (χ3v) is 5.67. The highest BCUT2D eigenvalue weighted by Crippen LogP contribution is 2.17. The molecular weight excluding hydrogens is 328 g/mol. The zero-order valence-electron chi connectivity index (χ0n) is 15.5. The van der Waals surface area contributed by atoms with E-state index in [1.165, 1.54) is 0 Å². The van der Waals surface area contributed by atoms with E-state index in [1.807, 2.05) is 0 Å². The molecule has 1 amide bonds. The van der Waals surface area contributed by atoms with E-state index in [2.05, 4.69) is 29.0 Å². The molecule has 6 heteroatoms. The van der Waals surface area contributed by atoms with Crippen LogP contribution in [0.2, 0.25) is 0 Å². The molecule has 1 aromatic carbocycles. The van der Waals surface area contributed by atoms with Gasteiger partial charge in [0.1, 0.15) is 5.82 Å². The molecule has 6 nitrogen and oxygen atoms in total. The Balaban J connectivity index is 1.51. The maximum absolute atomic E-state index is 12.7. The van der Waals surface area contributed by atoms with E-state index in [9.17, 15) is 9.59 Å². The molecule has 0 radical (unpaired) electrons. The van der Waals surface area contributed by atoms with Gasteiger partial charge in [0.05, 0.1) is 10.9 Å². The van der Waals surface area contributed by atoms with Crippen LogP contribution in [0.15, 0.2) is 23.0 Å². The highest BCUT2D eigenvalue weighted by molar-refractivity contribution is 5.97. The predicted molar refractivity (Wildman–Crippen MR) is 102 cm³/mol. The van der Waals surface area contributed by atoms with Crippen molar-refractivity contribution in [1.82, 2.24) is 19.8 Å². The van der Waals surface area contributed by atoms with E-state index in [4.69, 9.17) is 0 Å². The minimum Gasteiger partial charge on any atom is -0.349 e. The first kappa shape index (κ1) is 17.2. The molecule has 1 aromatic heterocycles. The Bertz CT molecular complexity index is 895. The van der Waals surface area contributed by atoms with Crippen molar-refractivity contribution in [2.45, 2.75) is 58.2 Å². The molecule has 26 heavy (non-hydrogen) atoms. The lowest BCUT2D eigenvalue weighted by Gasteiger charge is -2.34. The number of aromatic nitrogens is 2. The minimum absolute atomic E-state index is 0.00974. The van der Waals surface area contributed by atoms with Crippen molar-refractivity contribution < 1.29 is 4.79 Å². The summed E-state index contributed by atoms with van der Waals surface area (Å²) in [6.45, 7) is 7.20. The van der Waals surface area contributed by atoms with Crippen LogP contribution in [0.3, 0.4) is 0 Å². The number of fused-ring (bicyclic) bond motifs is 2. The van der Waals surface area contributed by atoms with Crippen LogP contribution in [-0.4, -0.2) is 45.5 Å². The summed E-state index contributed by atoms with van der Waals surface area (Å²) < 4.78 is 1.75. The van der Waals surface area contributed by atoms with Crippen molar-refractivity contribution in [3.63, 3.8) is 0 Å². The fraction of sp³-hybridized carbons (Fsp3) is 0.550. The monoisotopic (exact) mass is 354 g/mol. The second-order valence-electron chi connectivity index (χ2n) is 7.70. The molecule has 4 rings (SSSR count). The van der Waals surface area contributed by atoms with Crippen LogP contribution >= 0.6 is 0 Å². The third kappa shape index (κ3) is 3.14. The van der Waals surface area contributed by atoms with E-state index >= 15 is 0 Å². The lowest BCUT2D eigenvalue weighted by Crippen LogP contribution is -2.46. The zero-order valence-corrected chi connectivity index (χ0v) is 15.5. The summed E-state index contributed by atoms with van der Waals surface area (Å²) >= 11 is 0. The van der Waals surface area contributed by atoms with Crippen molar-refractivity contribution in [2.75, 3.05) is 13.1 Å². The number of aryl methyl sites for hydroxylation is 1. The van der Waals surface area contributed by atoms with Gasteiger partial charge >= 0.3 is 0 Å². The average molecular weight is 354 g/mol. The lowest BCUT2D eigenvalue weighted by atomic mass is 10.0. The number of benzene rings is 1. The molecule has 3 heterocycles. The summed E-state index contributed by atoms with van der Waals surface area (Å²) in [4.78, 5) is 32.2. The van der Waals surface area contributed by atoms with Gasteiger partial charge in [-0.25, -0.2) is 4.98 Å². The van der Waals surface area contributed by atoms with Crippen molar-refractivity contribution in [1.29, 1.82) is 0 Å². The quantitative estimate of drug-likeness (QED) is 0.915. The lowest BCUT2D eigenvalue weighted by molar-refractivity contribution is 0.0901. The Morgan fingerprint density at radius 2 is 2.00 bits per heavy atom. The van der Waals surface area contributed by atoms with Crippen LogP contribution in [0.4, 0.5) is 0 Å². The molecule has 0 atom stereocenters. The molecule has 2 aliphatic rings. The minimum atomic E-state index is -0.0719. The van der Waals surface area contributed by atoms with E-state index < -0.39 is 0 Å². The Kier molecular flexibility index (Phi) is 4.53. The van der Waals surface area contributed by atoms with Gasteiger partial charge < -0.3 is 10.2 Å². The number of amides is 1. The van der Waals surface area contributed by atoms with Gasteiger partial charge in [0.25, 0.3) is 11.5 Å². The van der Waals surface area contributed by atoms with Gasteiger partial charge in [-0.05, 0) is 51.3 Å². The molecule has 1 N–H and O–H groups in total. The van der Waals surface area contributed by atoms with Crippen LogP contribution in [0.5, 0.6) is 0 Å². The Morgan fingerprint density at radius 3 is 2.73 bits per heavy atom. The average Bonchev–Trinajstić information content (AvgIpc) is 3.10. The summed E-state index contributed by atoms with van der Waals surface area (Å²) in [5.41, 5.74) is 1.22. The predicted octanol–water partition coefficient (Wildman–Crippen LogP) is 1.95. The molecule has 1 saturated heterocycles. The fourth-order valence-electron chi connectivity index (χ4n) is 4.05. The van der Waals surface area contributed by atoms with Crippen molar-refractivity contribution in [3.8, 4) is 0 Å². The summed E-state index contributed by atoms with van der Waals surface area (Å²) in [6, 6.07) is 6.01. The third-order valence-electron chi connectivity index (χ3n) is 5.67. The molecule has 0 bridgehead atoms. The second-order valence-corrected chi connectivity index (χ2v) is 7.70. The Hall–Kier alpha value is -2.21. The number of hydrogen-bond donors (Lipinski definition) is 1. The van der Waals surface area contributed by atoms with E-state index in [-0.39, 0.29) is 17.5 Å². The molecular formula is C20H26N4O2. The number of likely N-dealkylation sites (tertiary alicyclic amines) is 1. The maximum Gasteiger partial charge on any atom is 0.261 e. The van der Waals surface area contributed by atoms with Gasteiger partial charge in [-0.3, -0.25) is 14.2 Å². The van der Waals surface area contributed by atoms with Gasteiger partial charge in [0.2, 0.25) is 0 Å². The van der Waals surface area contributed by atoms with Gasteiger partial charge in [-0.15, -0.1) is 0 Å². The number of nitrogens with zero attached hydrogens (tertiary/aromatic N) is 3. The smallest absolute Gasteiger partial charge is 0.261 e. The number of hydrogen-bond acceptors (Lipinski definition) is 4. The molecule has 2 aliphatic heterocycles. The van der Waals surface area contributed by atoms with Gasteiger partial charge in [-0.1, -0.05) is 0 Å². The standard InChI is InChI=1S/C20H26N4O2/c1-13(2)23-10-7-15(8-11-23)21-19(25)14-5-6-16-17(12-14)22-18-4-3-9-24(18)20(16)26/h5-6,12-13,15H,3-4,7-11H2,1-2H3,(H,21,25). The van der Waals surface area contributed by atoms with Gasteiger partial charge in [-0.2, -0.15) is 0 Å². The van der Waals surface area contributed by atoms with Crippen molar-refractivity contribution in [2.24, 2.45) is 0 Å². The van der Waals surface area contributed by atoms with Crippen molar-refractivity contribution in [3.05, 3.63) is 39.9 Å². The van der Waals surface area contributed by atoms with Gasteiger partial charge in [0.15, 0.2) is 0 Å². The van der Waals surface area contributed by atoms with Crippen LogP contribution in [0.1, 0.15) is 49.3 Å². The molecule has 0 aliphatic carbocycles. The van der Waals surface area contributed by atoms with Crippen LogP contribution < -0.4 is 10.9 Å². The fourth-order valence-corrected chi connectivity index (χ4v) is 4.05. The number of piperidine rings is 1. The summed E-state index contributed by atoms with van der Waals surface area (Å²) in [5, 5.41) is 3.74. The maximum atomic E-state index is 12.7. The van der Waals surface area contributed by atoms with Crippen LogP contribution in [-0.2, 0) is 13.0 Å². The van der Waals surface area contributed by atoms with Crippen LogP contribution in [0, 0.1) is 0 Å². The molecule has 1 fully saturated rings. The second kappa shape index (κ2) is 6.83. The first-order valence-corrected chi connectivity index (χ1v) is 9.61. The highest BCUT2D eigenvalue weighted by Gasteiger charge is 2.23. The van der Waals surface area contributed by atoms with Crippen LogP contribution in [0.25, 0.3) is 10.9 Å². The molecule has 0 spiro atoms. The highest BCUT2D eigenvalue weighted by atomic mass is 16.1. The molecule has 2 aromatic rings. The normalized spacial score (nSPS) is 18.4. The topological polar surface area (TPSA) is 67.2 Å². The van der Waals surface area contributed by atoms with E-state index in [1.54, 1.807) is 22.8 Å². The van der Waals surface area contributed by atoms with E-state index in [0.717, 1.165) is 51.1 Å². The van der Waals surface area contributed by atoms with E-state index in [0.29, 0.717) is 22.5 Å². The largest absolute Gasteiger partial charge is 0.349 e. The first-order chi connectivity index (χ1) is 12.5. The summed E-state index contributed by atoms with van der Waals surface area (Å²) in [6.07, 6.45) is 3.74. The molecule has 138 valence electrons. The van der Waals surface area contributed by atoms with Crippen molar-refractivity contribution >= 4 is 16.8 Å². The zero-order chi connectivity index (χ0) is 18.3. The molecule has 0 saturated carbocycles. The number of carbonyl (C=O) groups excluding carboxylic acids is 1. The SMILES string of the molecule is CC(C)N1CCC(NC(=O)c2ccc3c(=O)n4c(nc3c2)CCC4)CC1. The number of rotatable bonds is 3. The first-order valence-electron chi connectivity index (χ1n) is 9.61. The Morgan fingerprint density at radius 1 is 1.23 bits per heavy atom. The Labute approximate surface area is 153 Å². The summed E-state index contributed by atoms with van der Waals surface area (Å²) in [7, 11) is 0. The number of nitrogens with one attached hydrogen (secondary N) is 1.